The zero-order valence-corrected chi connectivity index (χ0v) is 12.6. The molecule has 0 bridgehead atoms. The van der Waals surface area contributed by atoms with Crippen molar-refractivity contribution in [3.05, 3.63) is 96.1 Å². The maximum absolute atomic E-state index is 3.30. The molecule has 3 aromatic carbocycles. The quantitative estimate of drug-likeness (QED) is 0.629. The van der Waals surface area contributed by atoms with Crippen LogP contribution in [-0.2, 0) is 0 Å². The summed E-state index contributed by atoms with van der Waals surface area (Å²) in [5, 5.41) is 3.30. The van der Waals surface area contributed by atoms with Gasteiger partial charge < -0.3 is 5.32 Å². The molecule has 3 aromatic rings. The smallest absolute Gasteiger partial charge is 0.0384 e. The van der Waals surface area contributed by atoms with E-state index in [0.717, 1.165) is 11.4 Å². The van der Waals surface area contributed by atoms with Crippen LogP contribution in [0, 0.1) is 13.8 Å². The Labute approximate surface area is 127 Å². The summed E-state index contributed by atoms with van der Waals surface area (Å²) in [7, 11) is 0. The van der Waals surface area contributed by atoms with Crippen molar-refractivity contribution < 1.29 is 0 Å². The summed E-state index contributed by atoms with van der Waals surface area (Å²) in [6, 6.07) is 28.7. The van der Waals surface area contributed by atoms with Crippen LogP contribution in [0.15, 0.2) is 84.9 Å². The first kappa shape index (κ1) is 14.9. The third kappa shape index (κ3) is 5.53. The van der Waals surface area contributed by atoms with E-state index in [1.165, 1.54) is 11.1 Å². The highest BCUT2D eigenvalue weighted by Crippen LogP contribution is 2.14. The lowest BCUT2D eigenvalue weighted by Crippen LogP contribution is -1.87. The third-order valence-electron chi connectivity index (χ3n) is 3.01. The number of para-hydroxylation sites is 2. The fraction of sp³-hybridized carbons (Fsp3) is 0.100. The highest BCUT2D eigenvalue weighted by atomic mass is 14.9. The maximum atomic E-state index is 3.30. The summed E-state index contributed by atoms with van der Waals surface area (Å²) < 4.78 is 0. The minimum atomic E-state index is 1.12. The molecule has 0 amide bonds. The van der Waals surface area contributed by atoms with Gasteiger partial charge in [-0.2, -0.15) is 0 Å². The van der Waals surface area contributed by atoms with Crippen LogP contribution in [0.2, 0.25) is 0 Å². The number of aryl methyl sites for hydroxylation is 2. The molecule has 0 aliphatic heterocycles. The Balaban J connectivity index is 0.000000173. The molecule has 0 aromatic heterocycles. The third-order valence-corrected chi connectivity index (χ3v) is 3.01. The minimum absolute atomic E-state index is 1.12. The summed E-state index contributed by atoms with van der Waals surface area (Å²) in [4.78, 5) is 0. The van der Waals surface area contributed by atoms with Crippen molar-refractivity contribution in [2.24, 2.45) is 0 Å². The Bertz CT molecular complexity index is 590. The number of anilines is 2. The average Bonchev–Trinajstić information content (AvgIpc) is 2.50. The lowest BCUT2D eigenvalue weighted by Gasteiger charge is -2.04. The lowest BCUT2D eigenvalue weighted by atomic mass is 10.2. The molecule has 0 fully saturated rings. The van der Waals surface area contributed by atoms with Crippen LogP contribution >= 0.6 is 0 Å². The van der Waals surface area contributed by atoms with Crippen LogP contribution in [0.4, 0.5) is 11.4 Å². The van der Waals surface area contributed by atoms with Gasteiger partial charge in [0.1, 0.15) is 0 Å². The first-order valence-electron chi connectivity index (χ1n) is 7.14. The van der Waals surface area contributed by atoms with Crippen molar-refractivity contribution in [3.63, 3.8) is 0 Å². The molecule has 0 saturated carbocycles. The molecule has 0 heterocycles. The molecule has 0 saturated heterocycles. The highest BCUT2D eigenvalue weighted by Gasteiger charge is 1.89. The van der Waals surface area contributed by atoms with Gasteiger partial charge in [-0.3, -0.25) is 0 Å². The summed E-state index contributed by atoms with van der Waals surface area (Å²) in [5.74, 6) is 0. The Morgan fingerprint density at radius 3 is 1.29 bits per heavy atom. The maximum Gasteiger partial charge on any atom is 0.0384 e. The predicted octanol–water partition coefficient (Wildman–Crippen LogP) is 5.73. The molecule has 3 rings (SSSR count). The fourth-order valence-electron chi connectivity index (χ4n) is 2.02. The van der Waals surface area contributed by atoms with Gasteiger partial charge in [-0.15, -0.1) is 0 Å². The van der Waals surface area contributed by atoms with Crippen LogP contribution in [0.1, 0.15) is 11.1 Å². The second-order valence-corrected chi connectivity index (χ2v) is 5.02. The van der Waals surface area contributed by atoms with E-state index in [9.17, 15) is 0 Å². The van der Waals surface area contributed by atoms with Gasteiger partial charge in [0.25, 0.3) is 0 Å². The Kier molecular flexibility index (Phi) is 5.60. The first-order valence-corrected chi connectivity index (χ1v) is 7.14. The molecule has 0 aliphatic carbocycles. The van der Waals surface area contributed by atoms with Gasteiger partial charge in [0.2, 0.25) is 0 Å². The molecule has 0 atom stereocenters. The highest BCUT2D eigenvalue weighted by molar-refractivity contribution is 5.58. The topological polar surface area (TPSA) is 12.0 Å². The molecule has 1 nitrogen and oxygen atoms in total. The van der Waals surface area contributed by atoms with Gasteiger partial charge in [-0.25, -0.2) is 0 Å². The van der Waals surface area contributed by atoms with E-state index in [-0.39, 0.29) is 0 Å². The van der Waals surface area contributed by atoms with Crippen molar-refractivity contribution in [3.8, 4) is 0 Å². The molecule has 1 N–H and O–H groups in total. The van der Waals surface area contributed by atoms with Crippen molar-refractivity contribution in [2.45, 2.75) is 13.8 Å². The van der Waals surface area contributed by atoms with Crippen molar-refractivity contribution >= 4 is 11.4 Å². The predicted molar refractivity (Wildman–Crippen MR) is 92.1 cm³/mol. The normalized spacial score (nSPS) is 9.43. The van der Waals surface area contributed by atoms with E-state index >= 15 is 0 Å². The van der Waals surface area contributed by atoms with E-state index in [0.29, 0.717) is 0 Å². The minimum Gasteiger partial charge on any atom is -0.356 e. The standard InChI is InChI=1S/C12H11N.C8H10/c1-3-7-11(8-4-1)13-12-9-5-2-6-10-12;1-7-4-3-5-8(2)6-7/h1-10,13H;3-6H,1-2H3. The first-order chi connectivity index (χ1) is 10.2. The van der Waals surface area contributed by atoms with Crippen molar-refractivity contribution in [1.29, 1.82) is 0 Å². The molecular formula is C20H21N. The zero-order valence-electron chi connectivity index (χ0n) is 12.6. The molecule has 21 heavy (non-hydrogen) atoms. The molecule has 0 spiro atoms. The van der Waals surface area contributed by atoms with Crippen LogP contribution in [0.25, 0.3) is 0 Å². The van der Waals surface area contributed by atoms with E-state index < -0.39 is 0 Å². The van der Waals surface area contributed by atoms with Gasteiger partial charge in [0.05, 0.1) is 0 Å². The number of nitrogens with one attached hydrogen (secondary N) is 1. The summed E-state index contributed by atoms with van der Waals surface area (Å²) in [6.07, 6.45) is 0. The Hall–Kier alpha value is -2.54. The number of rotatable bonds is 2. The summed E-state index contributed by atoms with van der Waals surface area (Å²) >= 11 is 0. The van der Waals surface area contributed by atoms with Gasteiger partial charge >= 0.3 is 0 Å². The van der Waals surface area contributed by atoms with Crippen LogP contribution in [0.3, 0.4) is 0 Å². The number of benzene rings is 3. The zero-order chi connectivity index (χ0) is 14.9. The van der Waals surface area contributed by atoms with Gasteiger partial charge in [0.15, 0.2) is 0 Å². The number of hydrogen-bond donors (Lipinski definition) is 1. The molecule has 106 valence electrons. The second-order valence-electron chi connectivity index (χ2n) is 5.02. The Morgan fingerprint density at radius 1 is 0.524 bits per heavy atom. The Morgan fingerprint density at radius 2 is 0.952 bits per heavy atom. The molecule has 0 unspecified atom stereocenters. The number of hydrogen-bond acceptors (Lipinski definition) is 1. The summed E-state index contributed by atoms with van der Waals surface area (Å²) in [5.41, 5.74) is 4.91. The van der Waals surface area contributed by atoms with Crippen LogP contribution in [-0.4, -0.2) is 0 Å². The van der Waals surface area contributed by atoms with Gasteiger partial charge in [0, 0.05) is 11.4 Å². The molecular weight excluding hydrogens is 254 g/mol. The van der Waals surface area contributed by atoms with Crippen LogP contribution in [0.5, 0.6) is 0 Å². The molecule has 0 aliphatic rings. The molecule has 1 heteroatoms. The summed E-state index contributed by atoms with van der Waals surface area (Å²) in [6.45, 7) is 4.21. The van der Waals surface area contributed by atoms with E-state index in [1.807, 2.05) is 60.7 Å². The van der Waals surface area contributed by atoms with E-state index in [2.05, 4.69) is 43.4 Å². The SMILES string of the molecule is Cc1cccc(C)c1.c1ccc(Nc2ccccc2)cc1. The van der Waals surface area contributed by atoms with Crippen LogP contribution < -0.4 is 5.32 Å². The van der Waals surface area contributed by atoms with Crippen molar-refractivity contribution in [1.82, 2.24) is 0 Å². The largest absolute Gasteiger partial charge is 0.356 e. The van der Waals surface area contributed by atoms with E-state index in [1.54, 1.807) is 0 Å². The fourth-order valence-corrected chi connectivity index (χ4v) is 2.02. The lowest BCUT2D eigenvalue weighted by molar-refractivity contribution is 1.39. The van der Waals surface area contributed by atoms with E-state index in [4.69, 9.17) is 0 Å². The molecule has 0 radical (unpaired) electrons. The monoisotopic (exact) mass is 275 g/mol. The average molecular weight is 275 g/mol. The van der Waals surface area contributed by atoms with Gasteiger partial charge in [-0.05, 0) is 38.1 Å². The van der Waals surface area contributed by atoms with Crippen molar-refractivity contribution in [2.75, 3.05) is 5.32 Å². The van der Waals surface area contributed by atoms with Gasteiger partial charge in [-0.1, -0.05) is 71.8 Å². The second kappa shape index (κ2) is 7.91.